The fraction of sp³-hybridized carbons (Fsp3) is 0.833. The zero-order chi connectivity index (χ0) is 7.49. The third kappa shape index (κ3) is 7.69. The molecule has 0 aliphatic carbocycles. The minimum absolute atomic E-state index is 1.19. The SMILES string of the molecule is CN(C)/C=N/[Si](C)(C)C. The molecule has 0 unspecified atom stereocenters. The summed E-state index contributed by atoms with van der Waals surface area (Å²) in [5.41, 5.74) is 0. The Labute approximate surface area is 58.7 Å². The molecule has 0 radical (unpaired) electrons. The van der Waals surface area contributed by atoms with E-state index in [-0.39, 0.29) is 0 Å². The Balaban J connectivity index is 3.71. The minimum Gasteiger partial charge on any atom is -0.370 e. The van der Waals surface area contributed by atoms with E-state index in [0.717, 1.165) is 0 Å². The molecular weight excluding hydrogens is 128 g/mol. The van der Waals surface area contributed by atoms with Crippen molar-refractivity contribution < 1.29 is 0 Å². The smallest absolute Gasteiger partial charge is 0.174 e. The molecule has 0 fully saturated rings. The van der Waals surface area contributed by atoms with E-state index in [1.807, 2.05) is 25.3 Å². The van der Waals surface area contributed by atoms with Crippen LogP contribution in [0.2, 0.25) is 19.6 Å². The van der Waals surface area contributed by atoms with Gasteiger partial charge in [-0.05, 0) is 19.6 Å². The Kier molecular flexibility index (Phi) is 2.90. The van der Waals surface area contributed by atoms with E-state index < -0.39 is 8.24 Å². The molecule has 0 saturated heterocycles. The molecule has 0 saturated carbocycles. The van der Waals surface area contributed by atoms with E-state index in [1.54, 1.807) is 0 Å². The van der Waals surface area contributed by atoms with Gasteiger partial charge in [-0.2, -0.15) is 0 Å². The number of hydrogen-bond donors (Lipinski definition) is 0. The quantitative estimate of drug-likeness (QED) is 0.325. The van der Waals surface area contributed by atoms with Crippen LogP contribution in [0.1, 0.15) is 0 Å². The summed E-state index contributed by atoms with van der Waals surface area (Å²) in [6.07, 6.45) is 1.90. The molecule has 3 heteroatoms. The van der Waals surface area contributed by atoms with Gasteiger partial charge in [0.15, 0.2) is 8.24 Å². The zero-order valence-corrected chi connectivity index (χ0v) is 7.97. The summed E-state index contributed by atoms with van der Waals surface area (Å²) in [4.78, 5) is 1.97. The maximum absolute atomic E-state index is 4.40. The third-order valence-corrected chi connectivity index (χ3v) is 1.57. The van der Waals surface area contributed by atoms with Gasteiger partial charge in [0.2, 0.25) is 0 Å². The van der Waals surface area contributed by atoms with E-state index in [9.17, 15) is 0 Å². The summed E-state index contributed by atoms with van der Waals surface area (Å²) in [5, 5.41) is 0. The lowest BCUT2D eigenvalue weighted by Gasteiger charge is -2.10. The van der Waals surface area contributed by atoms with Crippen molar-refractivity contribution in [1.82, 2.24) is 4.90 Å². The standard InChI is InChI=1S/C6H16N2Si/c1-8(2)6-7-9(3,4)5/h6H,1-5H3/b7-6+. The van der Waals surface area contributed by atoms with Gasteiger partial charge >= 0.3 is 0 Å². The highest BCUT2D eigenvalue weighted by Crippen LogP contribution is 1.99. The van der Waals surface area contributed by atoms with Crippen molar-refractivity contribution in [2.75, 3.05) is 14.1 Å². The average molecular weight is 144 g/mol. The van der Waals surface area contributed by atoms with E-state index in [4.69, 9.17) is 0 Å². The Hall–Kier alpha value is -0.313. The first kappa shape index (κ1) is 8.69. The zero-order valence-electron chi connectivity index (χ0n) is 6.97. The van der Waals surface area contributed by atoms with Crippen molar-refractivity contribution in [3.05, 3.63) is 0 Å². The van der Waals surface area contributed by atoms with Gasteiger partial charge < -0.3 is 9.56 Å². The van der Waals surface area contributed by atoms with Crippen molar-refractivity contribution in [2.24, 2.45) is 4.66 Å². The van der Waals surface area contributed by atoms with E-state index >= 15 is 0 Å². The van der Waals surface area contributed by atoms with Crippen LogP contribution in [0.3, 0.4) is 0 Å². The molecule has 0 atom stereocenters. The second-order valence-electron chi connectivity index (χ2n) is 3.38. The van der Waals surface area contributed by atoms with Crippen LogP contribution in [-0.2, 0) is 0 Å². The Morgan fingerprint density at radius 1 is 1.22 bits per heavy atom. The molecule has 0 aliphatic heterocycles. The second kappa shape index (κ2) is 3.01. The van der Waals surface area contributed by atoms with Crippen LogP contribution in [0.25, 0.3) is 0 Å². The summed E-state index contributed by atoms with van der Waals surface area (Å²) in [6.45, 7) is 6.65. The van der Waals surface area contributed by atoms with Gasteiger partial charge in [-0.1, -0.05) is 0 Å². The highest BCUT2D eigenvalue weighted by molar-refractivity contribution is 6.75. The summed E-state index contributed by atoms with van der Waals surface area (Å²) in [5.74, 6) is 0. The molecule has 0 rings (SSSR count). The Morgan fingerprint density at radius 3 is 1.78 bits per heavy atom. The molecule has 2 nitrogen and oxygen atoms in total. The van der Waals surface area contributed by atoms with Crippen molar-refractivity contribution >= 4 is 14.6 Å². The van der Waals surface area contributed by atoms with Gasteiger partial charge in [0, 0.05) is 14.1 Å². The van der Waals surface area contributed by atoms with E-state index in [1.165, 1.54) is 0 Å². The fourth-order valence-corrected chi connectivity index (χ4v) is 0.866. The maximum Gasteiger partial charge on any atom is 0.174 e. The molecule has 0 bridgehead atoms. The van der Waals surface area contributed by atoms with Crippen LogP contribution in [0.5, 0.6) is 0 Å². The lowest BCUT2D eigenvalue weighted by atomic mass is 11.0. The van der Waals surface area contributed by atoms with Crippen molar-refractivity contribution in [3.8, 4) is 0 Å². The van der Waals surface area contributed by atoms with Crippen LogP contribution < -0.4 is 0 Å². The van der Waals surface area contributed by atoms with Gasteiger partial charge in [-0.3, -0.25) is 0 Å². The van der Waals surface area contributed by atoms with E-state index in [0.29, 0.717) is 0 Å². The molecular formula is C6H16N2Si. The highest BCUT2D eigenvalue weighted by atomic mass is 28.3. The molecule has 0 N–H and O–H groups in total. The highest BCUT2D eigenvalue weighted by Gasteiger charge is 2.08. The number of hydrogen-bond acceptors (Lipinski definition) is 1. The summed E-state index contributed by atoms with van der Waals surface area (Å²) < 4.78 is 4.40. The van der Waals surface area contributed by atoms with Gasteiger partial charge in [0.1, 0.15) is 0 Å². The molecule has 9 heavy (non-hydrogen) atoms. The second-order valence-corrected chi connectivity index (χ2v) is 7.98. The van der Waals surface area contributed by atoms with Gasteiger partial charge in [-0.15, -0.1) is 0 Å². The monoisotopic (exact) mass is 144 g/mol. The largest absolute Gasteiger partial charge is 0.370 e. The van der Waals surface area contributed by atoms with Gasteiger partial charge in [0.25, 0.3) is 0 Å². The van der Waals surface area contributed by atoms with Crippen molar-refractivity contribution in [2.45, 2.75) is 19.6 Å². The molecule has 0 amide bonds. The predicted molar refractivity (Wildman–Crippen MR) is 45.5 cm³/mol. The molecule has 0 aromatic carbocycles. The van der Waals surface area contributed by atoms with Gasteiger partial charge in [-0.25, -0.2) is 0 Å². The summed E-state index contributed by atoms with van der Waals surface area (Å²) in [7, 11) is 2.79. The van der Waals surface area contributed by atoms with Crippen LogP contribution in [0, 0.1) is 0 Å². The number of rotatable bonds is 2. The minimum atomic E-state index is -1.19. The third-order valence-electron chi connectivity index (χ3n) is 0.676. The first-order chi connectivity index (χ1) is 3.92. The first-order valence-corrected chi connectivity index (χ1v) is 6.58. The van der Waals surface area contributed by atoms with Crippen LogP contribution in [0.15, 0.2) is 4.66 Å². The summed E-state index contributed by atoms with van der Waals surface area (Å²) in [6, 6.07) is 0. The lowest BCUT2D eigenvalue weighted by Crippen LogP contribution is -2.20. The predicted octanol–water partition coefficient (Wildman–Crippen LogP) is 1.41. The molecule has 0 aliphatic rings. The van der Waals surface area contributed by atoms with Crippen molar-refractivity contribution in [1.29, 1.82) is 0 Å². The fourth-order valence-electron chi connectivity index (χ4n) is 0.289. The van der Waals surface area contributed by atoms with E-state index in [2.05, 4.69) is 24.3 Å². The van der Waals surface area contributed by atoms with Gasteiger partial charge in [0.05, 0.1) is 6.34 Å². The lowest BCUT2D eigenvalue weighted by molar-refractivity contribution is 0.644. The van der Waals surface area contributed by atoms with Crippen LogP contribution in [-0.4, -0.2) is 33.6 Å². The Morgan fingerprint density at radius 2 is 1.67 bits per heavy atom. The number of nitrogens with zero attached hydrogens (tertiary/aromatic N) is 2. The molecule has 54 valence electrons. The molecule has 0 spiro atoms. The van der Waals surface area contributed by atoms with Crippen molar-refractivity contribution in [3.63, 3.8) is 0 Å². The van der Waals surface area contributed by atoms with Crippen LogP contribution in [0.4, 0.5) is 0 Å². The average Bonchev–Trinajstić information content (AvgIpc) is 1.59. The summed E-state index contributed by atoms with van der Waals surface area (Å²) >= 11 is 0. The molecule has 0 heterocycles. The topological polar surface area (TPSA) is 15.6 Å². The molecule has 0 aromatic heterocycles. The maximum atomic E-state index is 4.40. The Bertz CT molecular complexity index is 102. The first-order valence-electron chi connectivity index (χ1n) is 3.13. The molecule has 0 aromatic rings. The van der Waals surface area contributed by atoms with Crippen LogP contribution >= 0.6 is 0 Å². The normalized spacial score (nSPS) is 12.6.